The fraction of sp³-hybridized carbons (Fsp3) is 0.600. The van der Waals surface area contributed by atoms with E-state index in [-0.39, 0.29) is 0 Å². The first-order chi connectivity index (χ1) is 7.33. The summed E-state index contributed by atoms with van der Waals surface area (Å²) in [5.41, 5.74) is 3.59. The summed E-state index contributed by atoms with van der Waals surface area (Å²) in [5, 5.41) is 0. The highest BCUT2D eigenvalue weighted by Crippen LogP contribution is 2.23. The molecule has 1 saturated heterocycles. The van der Waals surface area contributed by atoms with Gasteiger partial charge in [0, 0.05) is 24.3 Å². The van der Waals surface area contributed by atoms with Crippen LogP contribution < -0.4 is 11.3 Å². The zero-order valence-electron chi connectivity index (χ0n) is 8.86. The third kappa shape index (κ3) is 2.24. The Balaban J connectivity index is 2.28. The minimum atomic E-state index is 0.323. The lowest BCUT2D eigenvalue weighted by molar-refractivity contribution is 0.193. The van der Waals surface area contributed by atoms with Gasteiger partial charge in [0.05, 0.1) is 6.61 Å². The van der Waals surface area contributed by atoms with Gasteiger partial charge in [-0.15, -0.1) is 0 Å². The highest BCUT2D eigenvalue weighted by molar-refractivity contribution is 5.35. The maximum Gasteiger partial charge on any atom is 0.143 e. The average molecular weight is 208 g/mol. The Hall–Kier alpha value is -1.20. The van der Waals surface area contributed by atoms with Gasteiger partial charge in [-0.3, -0.25) is 0 Å². The second kappa shape index (κ2) is 4.55. The van der Waals surface area contributed by atoms with Crippen molar-refractivity contribution in [2.45, 2.75) is 25.7 Å². The van der Waals surface area contributed by atoms with Gasteiger partial charge in [0.1, 0.15) is 11.6 Å². The summed E-state index contributed by atoms with van der Waals surface area (Å²) < 4.78 is 5.33. The van der Waals surface area contributed by atoms with Crippen molar-refractivity contribution in [3.8, 4) is 0 Å². The molecule has 5 nitrogen and oxygen atoms in total. The van der Waals surface area contributed by atoms with E-state index in [2.05, 4.69) is 22.3 Å². The molecule has 0 bridgehead atoms. The molecule has 2 rings (SSSR count). The van der Waals surface area contributed by atoms with Crippen LogP contribution in [0, 0.1) is 0 Å². The van der Waals surface area contributed by atoms with Crippen LogP contribution in [0.3, 0.4) is 0 Å². The third-order valence-corrected chi connectivity index (χ3v) is 2.60. The van der Waals surface area contributed by atoms with Gasteiger partial charge in [-0.2, -0.15) is 0 Å². The molecule has 5 heteroatoms. The Kier molecular flexibility index (Phi) is 3.13. The molecule has 0 aromatic carbocycles. The van der Waals surface area contributed by atoms with E-state index in [0.717, 1.165) is 37.6 Å². The Labute approximate surface area is 89.0 Å². The number of nitrogens with one attached hydrogen (secondary N) is 1. The monoisotopic (exact) mass is 208 g/mol. The maximum absolute atomic E-state index is 5.37. The summed E-state index contributed by atoms with van der Waals surface area (Å²) in [6, 6.07) is 1.87. The summed E-state index contributed by atoms with van der Waals surface area (Å²) in [6.45, 7) is 3.59. The summed E-state index contributed by atoms with van der Waals surface area (Å²) in [6.07, 6.45) is 1.88. The van der Waals surface area contributed by atoms with E-state index in [1.807, 2.05) is 6.07 Å². The molecular weight excluding hydrogens is 192 g/mol. The molecule has 0 amide bonds. The Morgan fingerprint density at radius 1 is 1.60 bits per heavy atom. The first-order valence-corrected chi connectivity index (χ1v) is 5.25. The van der Waals surface area contributed by atoms with Gasteiger partial charge in [0.15, 0.2) is 0 Å². The summed E-state index contributed by atoms with van der Waals surface area (Å²) in [4.78, 5) is 8.85. The number of hydrogen-bond acceptors (Lipinski definition) is 5. The van der Waals surface area contributed by atoms with Crippen LogP contribution in [0.1, 0.15) is 30.8 Å². The van der Waals surface area contributed by atoms with Crippen LogP contribution >= 0.6 is 0 Å². The van der Waals surface area contributed by atoms with Crippen LogP contribution in [0.25, 0.3) is 0 Å². The molecule has 1 unspecified atom stereocenters. The number of aryl methyl sites for hydroxylation is 1. The topological polar surface area (TPSA) is 73.1 Å². The first kappa shape index (κ1) is 10.3. The van der Waals surface area contributed by atoms with Crippen molar-refractivity contribution in [3.05, 3.63) is 17.6 Å². The van der Waals surface area contributed by atoms with Crippen LogP contribution in [0.5, 0.6) is 0 Å². The molecular formula is C10H16N4O. The predicted molar refractivity (Wildman–Crippen MR) is 57.4 cm³/mol. The minimum absolute atomic E-state index is 0.323. The van der Waals surface area contributed by atoms with Crippen LogP contribution in [0.15, 0.2) is 6.07 Å². The van der Waals surface area contributed by atoms with Gasteiger partial charge in [0.2, 0.25) is 0 Å². The van der Waals surface area contributed by atoms with E-state index in [1.165, 1.54) is 0 Å². The number of nitrogen functional groups attached to an aromatic ring is 1. The molecule has 15 heavy (non-hydrogen) atoms. The van der Waals surface area contributed by atoms with E-state index in [9.17, 15) is 0 Å². The average Bonchev–Trinajstić information content (AvgIpc) is 2.81. The molecule has 1 fully saturated rings. The van der Waals surface area contributed by atoms with Crippen LogP contribution in [-0.2, 0) is 11.2 Å². The number of ether oxygens (including phenoxy) is 1. The second-order valence-corrected chi connectivity index (χ2v) is 3.66. The van der Waals surface area contributed by atoms with Gasteiger partial charge in [-0.25, -0.2) is 15.8 Å². The number of hydrazine groups is 1. The zero-order valence-corrected chi connectivity index (χ0v) is 8.86. The lowest BCUT2D eigenvalue weighted by Gasteiger charge is -2.09. The van der Waals surface area contributed by atoms with Gasteiger partial charge >= 0.3 is 0 Å². The van der Waals surface area contributed by atoms with Crippen LogP contribution in [0.4, 0.5) is 5.82 Å². The summed E-state index contributed by atoms with van der Waals surface area (Å²) >= 11 is 0. The maximum atomic E-state index is 5.37. The Morgan fingerprint density at radius 2 is 2.47 bits per heavy atom. The number of rotatable bonds is 3. The zero-order chi connectivity index (χ0) is 10.7. The van der Waals surface area contributed by atoms with Crippen molar-refractivity contribution in [1.82, 2.24) is 9.97 Å². The van der Waals surface area contributed by atoms with E-state index < -0.39 is 0 Å². The Bertz CT molecular complexity index is 314. The molecule has 0 aliphatic carbocycles. The van der Waals surface area contributed by atoms with Gasteiger partial charge in [-0.05, 0) is 12.8 Å². The molecule has 3 N–H and O–H groups in total. The van der Waals surface area contributed by atoms with Crippen molar-refractivity contribution in [2.24, 2.45) is 5.84 Å². The minimum Gasteiger partial charge on any atom is -0.381 e. The second-order valence-electron chi connectivity index (χ2n) is 3.66. The summed E-state index contributed by atoms with van der Waals surface area (Å²) in [5.74, 6) is 7.22. The third-order valence-electron chi connectivity index (χ3n) is 2.60. The van der Waals surface area contributed by atoms with Crippen molar-refractivity contribution >= 4 is 5.82 Å². The number of anilines is 1. The van der Waals surface area contributed by atoms with E-state index in [0.29, 0.717) is 11.7 Å². The van der Waals surface area contributed by atoms with Gasteiger partial charge < -0.3 is 10.2 Å². The van der Waals surface area contributed by atoms with Gasteiger partial charge in [0.25, 0.3) is 0 Å². The molecule has 0 saturated carbocycles. The number of hydrogen-bond donors (Lipinski definition) is 2. The van der Waals surface area contributed by atoms with Gasteiger partial charge in [-0.1, -0.05) is 6.92 Å². The molecule has 1 aliphatic rings. The highest BCUT2D eigenvalue weighted by atomic mass is 16.5. The van der Waals surface area contributed by atoms with Crippen LogP contribution in [0.2, 0.25) is 0 Å². The van der Waals surface area contributed by atoms with E-state index >= 15 is 0 Å². The molecule has 1 aliphatic heterocycles. The van der Waals surface area contributed by atoms with Crippen molar-refractivity contribution in [3.63, 3.8) is 0 Å². The fourth-order valence-electron chi connectivity index (χ4n) is 1.69. The quantitative estimate of drug-likeness (QED) is 0.568. The molecule has 0 radical (unpaired) electrons. The molecule has 1 aromatic rings. The van der Waals surface area contributed by atoms with Crippen molar-refractivity contribution < 1.29 is 4.74 Å². The lowest BCUT2D eigenvalue weighted by atomic mass is 10.1. The van der Waals surface area contributed by atoms with Crippen LogP contribution in [-0.4, -0.2) is 23.2 Å². The molecule has 1 atom stereocenters. The lowest BCUT2D eigenvalue weighted by Crippen LogP contribution is -2.13. The van der Waals surface area contributed by atoms with Crippen molar-refractivity contribution in [2.75, 3.05) is 18.6 Å². The normalized spacial score (nSPS) is 20.5. The Morgan fingerprint density at radius 3 is 3.07 bits per heavy atom. The summed E-state index contributed by atoms with van der Waals surface area (Å²) in [7, 11) is 0. The number of aromatic nitrogens is 2. The predicted octanol–water partition coefficient (Wildman–Crippen LogP) is 0.829. The molecule has 2 heterocycles. The number of nitrogens with zero attached hydrogens (tertiary/aromatic N) is 2. The first-order valence-electron chi connectivity index (χ1n) is 5.25. The SMILES string of the molecule is CCc1cc(NN)nc(C2CCOC2)n1. The van der Waals surface area contributed by atoms with E-state index in [4.69, 9.17) is 10.6 Å². The number of nitrogens with two attached hydrogens (primary N) is 1. The smallest absolute Gasteiger partial charge is 0.143 e. The fourth-order valence-corrected chi connectivity index (χ4v) is 1.69. The molecule has 0 spiro atoms. The largest absolute Gasteiger partial charge is 0.381 e. The molecule has 1 aromatic heterocycles. The van der Waals surface area contributed by atoms with Crippen molar-refractivity contribution in [1.29, 1.82) is 0 Å². The standard InChI is InChI=1S/C10H16N4O/c1-2-8-5-9(14-11)13-10(12-8)7-3-4-15-6-7/h5,7H,2-4,6,11H2,1H3,(H,12,13,14). The molecule has 82 valence electrons. The highest BCUT2D eigenvalue weighted by Gasteiger charge is 2.21. The van der Waals surface area contributed by atoms with E-state index in [1.54, 1.807) is 0 Å².